The van der Waals surface area contributed by atoms with Gasteiger partial charge < -0.3 is 4.55 Å². The van der Waals surface area contributed by atoms with Crippen LogP contribution in [-0.2, 0) is 10.3 Å². The van der Waals surface area contributed by atoms with Gasteiger partial charge in [-0.3, -0.25) is 4.72 Å². The summed E-state index contributed by atoms with van der Waals surface area (Å²) in [4.78, 5) is 0.897. The van der Waals surface area contributed by atoms with Crippen LogP contribution < -0.4 is 34.3 Å². The van der Waals surface area contributed by atoms with Gasteiger partial charge in [0.2, 0.25) is 0 Å². The van der Waals surface area contributed by atoms with Crippen molar-refractivity contribution in [2.24, 2.45) is 0 Å². The molecule has 0 unspecified atom stereocenters. The zero-order valence-corrected chi connectivity index (χ0v) is 11.5. The van der Waals surface area contributed by atoms with E-state index in [9.17, 15) is 13.0 Å². The van der Waals surface area contributed by atoms with Crippen molar-refractivity contribution in [3.63, 3.8) is 0 Å². The quantitative estimate of drug-likeness (QED) is 0.388. The van der Waals surface area contributed by atoms with Crippen LogP contribution in [0.5, 0.6) is 0 Å². The van der Waals surface area contributed by atoms with Crippen LogP contribution in [0.4, 0.5) is 5.69 Å². The molecule has 0 aliphatic carbocycles. The van der Waals surface area contributed by atoms with Crippen LogP contribution in [0.1, 0.15) is 0 Å². The second kappa shape index (κ2) is 5.99. The van der Waals surface area contributed by atoms with Crippen molar-refractivity contribution in [1.29, 1.82) is 0 Å². The maximum absolute atomic E-state index is 10.3. The van der Waals surface area contributed by atoms with E-state index in [2.05, 4.69) is 0 Å². The molecule has 1 N–H and O–H groups in total. The van der Waals surface area contributed by atoms with Gasteiger partial charge in [-0.05, 0) is 24.5 Å². The van der Waals surface area contributed by atoms with Crippen LogP contribution in [0.2, 0.25) is 0 Å². The average molecular weight is 241 g/mol. The number of hydrogen-bond donors (Lipinski definition) is 1. The molecule has 0 spiro atoms. The van der Waals surface area contributed by atoms with E-state index in [1.54, 1.807) is 12.1 Å². The van der Waals surface area contributed by atoms with Crippen molar-refractivity contribution in [2.75, 3.05) is 11.0 Å². The Kier molecular flexibility index (Phi) is 6.11. The molecule has 0 atom stereocenters. The molecule has 1 rings (SSSR count). The third-order valence-electron chi connectivity index (χ3n) is 1.31. The van der Waals surface area contributed by atoms with Crippen molar-refractivity contribution < 1.29 is 42.5 Å². The fraction of sp³-hybridized carbons (Fsp3) is 0.143. The van der Waals surface area contributed by atoms with Crippen LogP contribution in [0, 0.1) is 0 Å². The number of nitrogens with one attached hydrogen (secondary N) is 1. The van der Waals surface area contributed by atoms with Crippen molar-refractivity contribution >= 4 is 27.8 Å². The second-order valence-corrected chi connectivity index (χ2v) is 4.28. The molecule has 0 aromatic heterocycles. The Morgan fingerprint density at radius 3 is 2.57 bits per heavy atom. The van der Waals surface area contributed by atoms with E-state index in [0.717, 1.165) is 4.90 Å². The second-order valence-electron chi connectivity index (χ2n) is 2.29. The van der Waals surface area contributed by atoms with Gasteiger partial charge in [0.25, 0.3) is 0 Å². The van der Waals surface area contributed by atoms with E-state index >= 15 is 0 Å². The molecule has 4 nitrogen and oxygen atoms in total. The van der Waals surface area contributed by atoms with E-state index in [1.165, 1.54) is 17.8 Å². The van der Waals surface area contributed by atoms with Crippen molar-refractivity contribution in [3.8, 4) is 0 Å². The van der Waals surface area contributed by atoms with Crippen LogP contribution >= 0.6 is 11.8 Å². The van der Waals surface area contributed by atoms with Gasteiger partial charge in [-0.2, -0.15) is 0 Å². The molecule has 0 aliphatic heterocycles. The van der Waals surface area contributed by atoms with Gasteiger partial charge in [-0.25, -0.2) is 8.42 Å². The summed E-state index contributed by atoms with van der Waals surface area (Å²) in [6, 6.07) is 6.63. The van der Waals surface area contributed by atoms with Crippen LogP contribution in [0.3, 0.4) is 0 Å². The van der Waals surface area contributed by atoms with Crippen LogP contribution in [0.25, 0.3) is 0 Å². The summed E-state index contributed by atoms with van der Waals surface area (Å²) in [5.74, 6) is 0. The monoisotopic (exact) mass is 241 g/mol. The summed E-state index contributed by atoms with van der Waals surface area (Å²) in [7, 11) is -4.41. The molecule has 14 heavy (non-hydrogen) atoms. The average Bonchev–Trinajstić information content (AvgIpc) is 2.01. The van der Waals surface area contributed by atoms with Crippen LogP contribution in [0.15, 0.2) is 29.2 Å². The van der Waals surface area contributed by atoms with Gasteiger partial charge in [0.15, 0.2) is 10.3 Å². The predicted octanol–water partition coefficient (Wildman–Crippen LogP) is -1.72. The maximum Gasteiger partial charge on any atom is 1.00 e. The van der Waals surface area contributed by atoms with Gasteiger partial charge in [0.05, 0.1) is 0 Å². The first kappa shape index (κ1) is 14.3. The van der Waals surface area contributed by atoms with Crippen molar-refractivity contribution in [1.82, 2.24) is 0 Å². The molecule has 0 amide bonds. The van der Waals surface area contributed by atoms with Gasteiger partial charge in [-0.15, -0.1) is 11.8 Å². The molecule has 0 saturated heterocycles. The molecule has 0 heterocycles. The van der Waals surface area contributed by atoms with E-state index in [4.69, 9.17) is 0 Å². The molecular weight excluding hydrogens is 233 g/mol. The SMILES string of the molecule is CSc1cccc(NS(=O)(=O)[O-])c1.[Na+]. The fourth-order valence-electron chi connectivity index (χ4n) is 0.831. The Labute approximate surface area is 110 Å². The molecule has 0 radical (unpaired) electrons. The molecule has 72 valence electrons. The minimum absolute atomic E-state index is 0. The minimum atomic E-state index is -4.41. The standard InChI is InChI=1S/C7H9NO3S2.Na/c1-12-7-4-2-3-6(5-7)8-13(9,10)11;/h2-5,8H,1H3,(H,9,10,11);/q;+1/p-1. The number of rotatable bonds is 3. The van der Waals surface area contributed by atoms with E-state index in [-0.39, 0.29) is 29.6 Å². The Morgan fingerprint density at radius 1 is 1.43 bits per heavy atom. The molecule has 7 heteroatoms. The van der Waals surface area contributed by atoms with E-state index in [0.29, 0.717) is 5.69 Å². The summed E-state index contributed by atoms with van der Waals surface area (Å²) in [6.45, 7) is 0. The Morgan fingerprint density at radius 2 is 2.07 bits per heavy atom. The number of hydrogen-bond acceptors (Lipinski definition) is 4. The third kappa shape index (κ3) is 5.23. The Balaban J connectivity index is 0.00000169. The largest absolute Gasteiger partial charge is 1.00 e. The molecule has 0 bridgehead atoms. The van der Waals surface area contributed by atoms with Crippen LogP contribution in [-0.4, -0.2) is 19.2 Å². The topological polar surface area (TPSA) is 69.2 Å². The smallest absolute Gasteiger partial charge is 0.731 e. The Bertz CT molecular complexity index is 394. The number of thioether (sulfide) groups is 1. The molecule has 0 fully saturated rings. The molecule has 1 aromatic rings. The molecule has 0 aliphatic rings. The fourth-order valence-corrected chi connectivity index (χ4v) is 1.71. The predicted molar refractivity (Wildman–Crippen MR) is 51.5 cm³/mol. The summed E-state index contributed by atoms with van der Waals surface area (Å²) in [5, 5.41) is 0. The van der Waals surface area contributed by atoms with Crippen molar-refractivity contribution in [2.45, 2.75) is 4.90 Å². The third-order valence-corrected chi connectivity index (χ3v) is 2.52. The first-order chi connectivity index (χ1) is 6.01. The van der Waals surface area contributed by atoms with E-state index in [1.807, 2.05) is 17.0 Å². The molecule has 1 aromatic carbocycles. The van der Waals surface area contributed by atoms with Crippen molar-refractivity contribution in [3.05, 3.63) is 24.3 Å². The normalized spacial score (nSPS) is 10.4. The molecule has 0 saturated carbocycles. The first-order valence-electron chi connectivity index (χ1n) is 3.39. The summed E-state index contributed by atoms with van der Waals surface area (Å²) < 4.78 is 32.8. The number of benzene rings is 1. The zero-order chi connectivity index (χ0) is 9.90. The summed E-state index contributed by atoms with van der Waals surface area (Å²) in [6.07, 6.45) is 1.87. The van der Waals surface area contributed by atoms with Gasteiger partial charge >= 0.3 is 29.6 Å². The summed E-state index contributed by atoms with van der Waals surface area (Å²) in [5.41, 5.74) is 0.293. The minimum Gasteiger partial charge on any atom is -0.731 e. The summed E-state index contributed by atoms with van der Waals surface area (Å²) >= 11 is 1.47. The van der Waals surface area contributed by atoms with Gasteiger partial charge in [0, 0.05) is 10.6 Å². The first-order valence-corrected chi connectivity index (χ1v) is 6.02. The maximum atomic E-state index is 10.3. The molecular formula is C7H8NNaO3S2. The van der Waals surface area contributed by atoms with Gasteiger partial charge in [0.1, 0.15) is 0 Å². The Hall–Kier alpha value is 0.280. The van der Waals surface area contributed by atoms with Gasteiger partial charge in [-0.1, -0.05) is 6.07 Å². The van der Waals surface area contributed by atoms with E-state index < -0.39 is 10.3 Å². The number of anilines is 1. The zero-order valence-electron chi connectivity index (χ0n) is 7.85.